The van der Waals surface area contributed by atoms with Crippen molar-refractivity contribution < 1.29 is 23.3 Å². The summed E-state index contributed by atoms with van der Waals surface area (Å²) in [6, 6.07) is 2.38. The number of aromatic nitrogens is 3. The molecule has 3 aromatic rings. The highest BCUT2D eigenvalue weighted by atomic mass is 32.1. The van der Waals surface area contributed by atoms with E-state index in [1.807, 2.05) is 0 Å². The van der Waals surface area contributed by atoms with E-state index in [1.54, 1.807) is 6.92 Å². The number of nitrogens with one attached hydrogen (secondary N) is 1. The van der Waals surface area contributed by atoms with Gasteiger partial charge in [0.05, 0.1) is 29.6 Å². The molecule has 3 N–H and O–H groups in total. The third-order valence-electron chi connectivity index (χ3n) is 3.97. The lowest BCUT2D eigenvalue weighted by Crippen LogP contribution is -2.18. The Balaban J connectivity index is 1.85. The first-order chi connectivity index (χ1) is 13.7. The minimum absolute atomic E-state index is 0.00917. The van der Waals surface area contributed by atoms with Gasteiger partial charge in [-0.1, -0.05) is 0 Å². The molecule has 2 amide bonds. The molecule has 0 aliphatic carbocycles. The lowest BCUT2D eigenvalue weighted by atomic mass is 10.1. The second kappa shape index (κ2) is 7.87. The van der Waals surface area contributed by atoms with Crippen LogP contribution >= 0.6 is 11.3 Å². The Hall–Kier alpha value is -3.48. The largest absolute Gasteiger partial charge is 0.389 e. The number of carbonyl (C=O) groups excluding carboxylic acids is 2. The van der Waals surface area contributed by atoms with Gasteiger partial charge in [0.2, 0.25) is 5.91 Å². The lowest BCUT2D eigenvalue weighted by Gasteiger charge is -2.08. The van der Waals surface area contributed by atoms with Gasteiger partial charge in [-0.25, -0.2) is 13.8 Å². The maximum absolute atomic E-state index is 13.0. The zero-order chi connectivity index (χ0) is 21.3. The van der Waals surface area contributed by atoms with Crippen LogP contribution in [0.4, 0.5) is 20.3 Å². The second-order valence-corrected chi connectivity index (χ2v) is 7.01. The van der Waals surface area contributed by atoms with Gasteiger partial charge in [0.15, 0.2) is 0 Å². The molecular weight excluding hydrogens is 410 g/mol. The number of nitrogens with zero attached hydrogens (tertiary/aromatic N) is 4. The normalized spacial score (nSPS) is 11.2. The van der Waals surface area contributed by atoms with Gasteiger partial charge < -0.3 is 21.2 Å². The fourth-order valence-corrected chi connectivity index (χ4v) is 3.77. The SMILES string of the molecule is Cc1cc(C(F)F)nc2sc(C(N)=O)c(NC(=O)CCn3ccc([N+](=O)[O-])n3)c12. The second-order valence-electron chi connectivity index (χ2n) is 6.01. The first-order valence-electron chi connectivity index (χ1n) is 8.17. The molecular formula is C16H14F2N6O4S. The number of nitro groups is 1. The van der Waals surface area contributed by atoms with E-state index in [-0.39, 0.29) is 34.2 Å². The molecule has 3 rings (SSSR count). The Morgan fingerprint density at radius 3 is 2.76 bits per heavy atom. The molecule has 3 heterocycles. The van der Waals surface area contributed by atoms with Gasteiger partial charge in [-0.05, 0) is 23.5 Å². The Morgan fingerprint density at radius 1 is 1.45 bits per heavy atom. The predicted octanol–water partition coefficient (Wildman–Crippen LogP) is 2.77. The first-order valence-corrected chi connectivity index (χ1v) is 8.98. The summed E-state index contributed by atoms with van der Waals surface area (Å²) in [6.07, 6.45) is -1.52. The third-order valence-corrected chi connectivity index (χ3v) is 5.07. The Bertz CT molecular complexity index is 1130. The van der Waals surface area contributed by atoms with Crippen LogP contribution in [0.25, 0.3) is 10.2 Å². The summed E-state index contributed by atoms with van der Waals surface area (Å²) in [4.78, 5) is 38.1. The van der Waals surface area contributed by atoms with Gasteiger partial charge in [-0.3, -0.25) is 9.59 Å². The number of hydrogen-bond acceptors (Lipinski definition) is 7. The highest BCUT2D eigenvalue weighted by molar-refractivity contribution is 7.21. The molecule has 0 aliphatic rings. The summed E-state index contributed by atoms with van der Waals surface area (Å²) in [6.45, 7) is 1.62. The molecule has 29 heavy (non-hydrogen) atoms. The van der Waals surface area contributed by atoms with Crippen molar-refractivity contribution in [1.82, 2.24) is 14.8 Å². The van der Waals surface area contributed by atoms with Crippen LogP contribution in [0.2, 0.25) is 0 Å². The van der Waals surface area contributed by atoms with E-state index in [4.69, 9.17) is 5.73 Å². The quantitative estimate of drug-likeness (QED) is 0.440. The van der Waals surface area contributed by atoms with E-state index < -0.39 is 28.9 Å². The number of amides is 2. The summed E-state index contributed by atoms with van der Waals surface area (Å²) >= 11 is 0.815. The molecule has 0 spiro atoms. The maximum Gasteiger partial charge on any atom is 0.389 e. The van der Waals surface area contributed by atoms with Gasteiger partial charge in [-0.2, -0.15) is 4.68 Å². The Kier molecular flexibility index (Phi) is 5.50. The number of aryl methyl sites for hydroxylation is 2. The van der Waals surface area contributed by atoms with Gasteiger partial charge in [0.1, 0.15) is 15.4 Å². The number of alkyl halides is 2. The van der Waals surface area contributed by atoms with E-state index in [2.05, 4.69) is 15.4 Å². The Labute approximate surface area is 165 Å². The molecule has 0 saturated carbocycles. The average Bonchev–Trinajstić information content (AvgIpc) is 3.25. The van der Waals surface area contributed by atoms with Crippen LogP contribution in [0.15, 0.2) is 18.3 Å². The molecule has 0 radical (unpaired) electrons. The van der Waals surface area contributed by atoms with Crippen molar-refractivity contribution in [2.24, 2.45) is 5.73 Å². The number of thiophene rings is 1. The van der Waals surface area contributed by atoms with E-state index in [1.165, 1.54) is 23.0 Å². The zero-order valence-electron chi connectivity index (χ0n) is 14.9. The van der Waals surface area contributed by atoms with Crippen LogP contribution in [0.3, 0.4) is 0 Å². The van der Waals surface area contributed by atoms with Crippen molar-refractivity contribution in [2.45, 2.75) is 26.3 Å². The molecule has 0 aromatic carbocycles. The highest BCUT2D eigenvalue weighted by Crippen LogP contribution is 2.38. The summed E-state index contributed by atoms with van der Waals surface area (Å²) in [5, 5.41) is 17.3. The number of hydrogen-bond donors (Lipinski definition) is 2. The van der Waals surface area contributed by atoms with Gasteiger partial charge >= 0.3 is 5.82 Å². The number of carbonyl (C=O) groups is 2. The number of nitrogens with two attached hydrogens (primary N) is 1. The molecule has 0 atom stereocenters. The lowest BCUT2D eigenvalue weighted by molar-refractivity contribution is -0.389. The van der Waals surface area contributed by atoms with E-state index in [0.29, 0.717) is 10.9 Å². The Morgan fingerprint density at radius 2 is 2.17 bits per heavy atom. The molecule has 0 aliphatic heterocycles. The van der Waals surface area contributed by atoms with Crippen molar-refractivity contribution in [3.63, 3.8) is 0 Å². The number of pyridine rings is 1. The van der Waals surface area contributed by atoms with Crippen LogP contribution in [0.1, 0.15) is 33.8 Å². The van der Waals surface area contributed by atoms with E-state index in [0.717, 1.165) is 11.3 Å². The summed E-state index contributed by atoms with van der Waals surface area (Å²) in [7, 11) is 0. The van der Waals surface area contributed by atoms with E-state index >= 15 is 0 Å². The average molecular weight is 424 g/mol. The van der Waals surface area contributed by atoms with Gasteiger partial charge in [-0.15, -0.1) is 11.3 Å². The molecule has 3 aromatic heterocycles. The van der Waals surface area contributed by atoms with Crippen molar-refractivity contribution >= 4 is 44.9 Å². The monoisotopic (exact) mass is 424 g/mol. The number of primary amides is 1. The van der Waals surface area contributed by atoms with Crippen molar-refractivity contribution in [3.8, 4) is 0 Å². The topological polar surface area (TPSA) is 146 Å². The fourth-order valence-electron chi connectivity index (χ4n) is 2.70. The highest BCUT2D eigenvalue weighted by Gasteiger charge is 2.23. The van der Waals surface area contributed by atoms with Crippen molar-refractivity contribution in [1.29, 1.82) is 0 Å². The molecule has 0 fully saturated rings. The third kappa shape index (κ3) is 4.18. The molecule has 13 heteroatoms. The van der Waals surface area contributed by atoms with Crippen molar-refractivity contribution in [3.05, 3.63) is 44.6 Å². The van der Waals surface area contributed by atoms with Crippen LogP contribution in [0, 0.1) is 17.0 Å². The first kappa shape index (κ1) is 20.3. The van der Waals surface area contributed by atoms with Crippen LogP contribution in [-0.2, 0) is 11.3 Å². The summed E-state index contributed by atoms with van der Waals surface area (Å²) in [5.74, 6) is -1.69. The number of rotatable bonds is 7. The van der Waals surface area contributed by atoms with Gasteiger partial charge in [0.25, 0.3) is 12.3 Å². The smallest absolute Gasteiger partial charge is 0.365 e. The number of halogens is 2. The summed E-state index contributed by atoms with van der Waals surface area (Å²) in [5.41, 5.74) is 5.45. The molecule has 10 nitrogen and oxygen atoms in total. The minimum Gasteiger partial charge on any atom is -0.365 e. The number of anilines is 1. The molecule has 152 valence electrons. The molecule has 0 saturated heterocycles. The van der Waals surface area contributed by atoms with Gasteiger partial charge in [0, 0.05) is 11.8 Å². The van der Waals surface area contributed by atoms with Crippen LogP contribution in [0.5, 0.6) is 0 Å². The standard InChI is InChI=1S/C16H14F2N6O4S/c1-7-6-8(14(17)18)20-16-11(7)12(13(29-16)15(19)26)21-10(25)3-5-23-4-2-9(22-23)24(27)28/h2,4,6,14H,3,5H2,1H3,(H2,19,26)(H,21,25). The minimum atomic E-state index is -2.78. The molecule has 0 unspecified atom stereocenters. The van der Waals surface area contributed by atoms with Crippen LogP contribution < -0.4 is 11.1 Å². The summed E-state index contributed by atoms with van der Waals surface area (Å²) < 4.78 is 27.2. The fraction of sp³-hybridized carbons (Fsp3) is 0.250. The zero-order valence-corrected chi connectivity index (χ0v) is 15.7. The maximum atomic E-state index is 13.0. The molecule has 0 bridgehead atoms. The van der Waals surface area contributed by atoms with Crippen molar-refractivity contribution in [2.75, 3.05) is 5.32 Å². The predicted molar refractivity (Wildman–Crippen MR) is 100.0 cm³/mol. The van der Waals surface area contributed by atoms with E-state index in [9.17, 15) is 28.5 Å². The number of fused-ring (bicyclic) bond motifs is 1. The van der Waals surface area contributed by atoms with Crippen LogP contribution in [-0.4, -0.2) is 31.5 Å².